The van der Waals surface area contributed by atoms with Crippen LogP contribution in [-0.2, 0) is 0 Å². The Kier molecular flexibility index (Phi) is 4.15. The van der Waals surface area contributed by atoms with Gasteiger partial charge in [0.05, 0.1) is 0 Å². The molecule has 0 fully saturated rings. The van der Waals surface area contributed by atoms with Crippen molar-refractivity contribution in [2.24, 2.45) is 0 Å². The smallest absolute Gasteiger partial charge is 0.159 e. The zero-order valence-corrected chi connectivity index (χ0v) is 13.1. The normalized spacial score (nSPS) is 10.2. The van der Waals surface area contributed by atoms with Crippen molar-refractivity contribution in [3.63, 3.8) is 0 Å². The van der Waals surface area contributed by atoms with Crippen LogP contribution >= 0.6 is 15.9 Å². The first kappa shape index (κ1) is 14.3. The topological polar surface area (TPSA) is 88.8 Å². The van der Waals surface area contributed by atoms with E-state index in [0.29, 0.717) is 17.3 Å². The molecule has 3 aromatic rings. The summed E-state index contributed by atoms with van der Waals surface area (Å²) in [5.74, 6) is 1.09. The Labute approximate surface area is 136 Å². The van der Waals surface area contributed by atoms with Crippen molar-refractivity contribution in [1.29, 1.82) is 0 Å². The van der Waals surface area contributed by atoms with Crippen molar-refractivity contribution in [1.82, 2.24) is 15.0 Å². The second kappa shape index (κ2) is 6.40. The highest BCUT2D eigenvalue weighted by Crippen LogP contribution is 2.28. The van der Waals surface area contributed by atoms with Gasteiger partial charge in [0.25, 0.3) is 0 Å². The summed E-state index contributed by atoms with van der Waals surface area (Å²) in [6.07, 6.45) is 4.85. The van der Waals surface area contributed by atoms with E-state index in [1.54, 1.807) is 12.4 Å². The number of rotatable bonds is 4. The number of pyridine rings is 1. The van der Waals surface area contributed by atoms with E-state index >= 15 is 0 Å². The van der Waals surface area contributed by atoms with Gasteiger partial charge in [0.15, 0.2) is 11.6 Å². The summed E-state index contributed by atoms with van der Waals surface area (Å²) in [4.78, 5) is 12.3. The molecule has 2 aromatic heterocycles. The number of halogens is 1. The number of anilines is 5. The molecule has 22 heavy (non-hydrogen) atoms. The lowest BCUT2D eigenvalue weighted by Crippen LogP contribution is -2.05. The van der Waals surface area contributed by atoms with Crippen molar-refractivity contribution >= 4 is 44.6 Å². The third-order valence-corrected chi connectivity index (χ3v) is 3.41. The van der Waals surface area contributed by atoms with Gasteiger partial charge in [-0.3, -0.25) is 4.98 Å². The van der Waals surface area contributed by atoms with E-state index in [1.165, 1.54) is 6.33 Å². The molecule has 6 nitrogen and oxygen atoms in total. The SMILES string of the molecule is Nc1c(Nc2ccncc2)ncnc1Nc1cccc(Br)c1. The molecular formula is C15H13BrN6. The number of benzene rings is 1. The maximum atomic E-state index is 6.14. The lowest BCUT2D eigenvalue weighted by molar-refractivity contribution is 1.17. The lowest BCUT2D eigenvalue weighted by atomic mass is 10.3. The van der Waals surface area contributed by atoms with Crippen molar-refractivity contribution in [2.75, 3.05) is 16.4 Å². The highest BCUT2D eigenvalue weighted by molar-refractivity contribution is 9.10. The van der Waals surface area contributed by atoms with Crippen molar-refractivity contribution in [2.45, 2.75) is 0 Å². The molecule has 7 heteroatoms. The van der Waals surface area contributed by atoms with Gasteiger partial charge in [-0.1, -0.05) is 22.0 Å². The van der Waals surface area contributed by atoms with Crippen LogP contribution in [0.3, 0.4) is 0 Å². The average Bonchev–Trinajstić information content (AvgIpc) is 2.52. The quantitative estimate of drug-likeness (QED) is 0.660. The Morgan fingerprint density at radius 3 is 2.27 bits per heavy atom. The van der Waals surface area contributed by atoms with Gasteiger partial charge in [0.2, 0.25) is 0 Å². The first-order chi connectivity index (χ1) is 10.7. The monoisotopic (exact) mass is 356 g/mol. The second-order valence-electron chi connectivity index (χ2n) is 4.48. The highest BCUT2D eigenvalue weighted by Gasteiger charge is 2.08. The minimum atomic E-state index is 0.444. The van der Waals surface area contributed by atoms with Gasteiger partial charge in [-0.05, 0) is 30.3 Å². The molecule has 0 bridgehead atoms. The van der Waals surface area contributed by atoms with E-state index in [1.807, 2.05) is 36.4 Å². The standard InChI is InChI=1S/C15H13BrN6/c16-10-2-1-3-12(8-10)22-15-13(17)14(19-9-20-15)21-11-4-6-18-7-5-11/h1-9H,17H2,(H2,18,19,20,21,22). The van der Waals surface area contributed by atoms with Crippen LogP contribution in [0.4, 0.5) is 28.7 Å². The van der Waals surface area contributed by atoms with E-state index < -0.39 is 0 Å². The van der Waals surface area contributed by atoms with Crippen molar-refractivity contribution < 1.29 is 0 Å². The van der Waals surface area contributed by atoms with E-state index in [-0.39, 0.29) is 0 Å². The molecule has 0 amide bonds. The third kappa shape index (κ3) is 3.32. The molecule has 110 valence electrons. The molecule has 0 unspecified atom stereocenters. The van der Waals surface area contributed by atoms with Crippen LogP contribution in [0.5, 0.6) is 0 Å². The number of hydrogen-bond donors (Lipinski definition) is 3. The van der Waals surface area contributed by atoms with Crippen LogP contribution in [0.1, 0.15) is 0 Å². The van der Waals surface area contributed by atoms with Gasteiger partial charge in [-0.15, -0.1) is 0 Å². The number of aromatic nitrogens is 3. The van der Waals surface area contributed by atoms with Gasteiger partial charge in [0, 0.05) is 28.2 Å². The van der Waals surface area contributed by atoms with E-state index in [9.17, 15) is 0 Å². The predicted octanol–water partition coefficient (Wildman–Crippen LogP) is 3.70. The zero-order chi connectivity index (χ0) is 15.4. The fourth-order valence-corrected chi connectivity index (χ4v) is 2.27. The van der Waals surface area contributed by atoms with Gasteiger partial charge >= 0.3 is 0 Å². The van der Waals surface area contributed by atoms with Crippen LogP contribution in [0, 0.1) is 0 Å². The van der Waals surface area contributed by atoms with Crippen molar-refractivity contribution in [3.05, 3.63) is 59.6 Å². The summed E-state index contributed by atoms with van der Waals surface area (Å²) in [6.45, 7) is 0. The van der Waals surface area contributed by atoms with Crippen LogP contribution < -0.4 is 16.4 Å². The third-order valence-electron chi connectivity index (χ3n) is 2.91. The maximum Gasteiger partial charge on any atom is 0.159 e. The molecule has 0 aliphatic carbocycles. The Balaban J connectivity index is 1.86. The highest BCUT2D eigenvalue weighted by atomic mass is 79.9. The number of hydrogen-bond acceptors (Lipinski definition) is 6. The molecule has 2 heterocycles. The first-order valence-corrected chi connectivity index (χ1v) is 7.32. The molecule has 0 atom stereocenters. The van der Waals surface area contributed by atoms with Crippen molar-refractivity contribution in [3.8, 4) is 0 Å². The molecule has 0 spiro atoms. The summed E-state index contributed by atoms with van der Waals surface area (Å²) in [5.41, 5.74) is 8.32. The molecule has 0 aliphatic rings. The largest absolute Gasteiger partial charge is 0.393 e. The van der Waals surface area contributed by atoms with Gasteiger partial charge in [-0.25, -0.2) is 9.97 Å². The molecular weight excluding hydrogens is 344 g/mol. The van der Waals surface area contributed by atoms with E-state index in [2.05, 4.69) is 41.5 Å². The Morgan fingerprint density at radius 1 is 0.909 bits per heavy atom. The van der Waals surface area contributed by atoms with Crippen LogP contribution in [-0.4, -0.2) is 15.0 Å². The van der Waals surface area contributed by atoms with Crippen LogP contribution in [0.25, 0.3) is 0 Å². The summed E-state index contributed by atoms with van der Waals surface area (Å²) in [7, 11) is 0. The molecule has 0 aliphatic heterocycles. The minimum absolute atomic E-state index is 0.444. The second-order valence-corrected chi connectivity index (χ2v) is 5.40. The zero-order valence-electron chi connectivity index (χ0n) is 11.5. The van der Waals surface area contributed by atoms with Crippen LogP contribution in [0.15, 0.2) is 59.6 Å². The Hall–Kier alpha value is -2.67. The Morgan fingerprint density at radius 2 is 1.59 bits per heavy atom. The molecule has 3 rings (SSSR count). The number of nitrogens with one attached hydrogen (secondary N) is 2. The first-order valence-electron chi connectivity index (χ1n) is 6.52. The van der Waals surface area contributed by atoms with Crippen LogP contribution in [0.2, 0.25) is 0 Å². The van der Waals surface area contributed by atoms with E-state index in [0.717, 1.165) is 15.8 Å². The lowest BCUT2D eigenvalue weighted by Gasteiger charge is -2.12. The average molecular weight is 357 g/mol. The molecule has 0 radical (unpaired) electrons. The summed E-state index contributed by atoms with van der Waals surface area (Å²) in [6, 6.07) is 11.4. The minimum Gasteiger partial charge on any atom is -0.393 e. The molecule has 1 aromatic carbocycles. The molecule has 0 saturated carbocycles. The number of nitrogen functional groups attached to an aromatic ring is 1. The van der Waals surface area contributed by atoms with E-state index in [4.69, 9.17) is 5.73 Å². The molecule has 4 N–H and O–H groups in total. The number of nitrogens with zero attached hydrogens (tertiary/aromatic N) is 3. The maximum absolute atomic E-state index is 6.14. The summed E-state index contributed by atoms with van der Waals surface area (Å²) < 4.78 is 0.972. The van der Waals surface area contributed by atoms with Gasteiger partial charge in [0.1, 0.15) is 12.0 Å². The molecule has 0 saturated heterocycles. The summed E-state index contributed by atoms with van der Waals surface area (Å²) in [5, 5.41) is 6.33. The fourth-order valence-electron chi connectivity index (χ4n) is 1.87. The summed E-state index contributed by atoms with van der Waals surface area (Å²) >= 11 is 3.43. The van der Waals surface area contributed by atoms with Gasteiger partial charge < -0.3 is 16.4 Å². The number of nitrogens with two attached hydrogens (primary N) is 1. The predicted molar refractivity (Wildman–Crippen MR) is 91.4 cm³/mol. The Bertz CT molecular complexity index is 778. The van der Waals surface area contributed by atoms with Gasteiger partial charge in [-0.2, -0.15) is 0 Å². The fraction of sp³-hybridized carbons (Fsp3) is 0.